The number of nitrogens with zero attached hydrogens (tertiary/aromatic N) is 2. The summed E-state index contributed by atoms with van der Waals surface area (Å²) < 4.78 is 6.73. The molecule has 1 amide bonds. The number of esters is 1. The number of carbonyl (C=O) groups is 3. The number of aromatic nitrogens is 2. The summed E-state index contributed by atoms with van der Waals surface area (Å²) in [5.74, 6) is -2.79. The third-order valence-electron chi connectivity index (χ3n) is 4.58. The number of rotatable bonds is 7. The van der Waals surface area contributed by atoms with Crippen LogP contribution in [0.2, 0.25) is 0 Å². The molecule has 1 heterocycles. The van der Waals surface area contributed by atoms with E-state index in [0.717, 1.165) is 9.13 Å². The van der Waals surface area contributed by atoms with Crippen LogP contribution < -0.4 is 22.3 Å². The lowest BCUT2D eigenvalue weighted by molar-refractivity contribution is -0.145. The topological polar surface area (TPSA) is 142 Å². The van der Waals surface area contributed by atoms with Crippen molar-refractivity contribution in [1.29, 1.82) is 0 Å². The third-order valence-corrected chi connectivity index (χ3v) is 4.58. The lowest BCUT2D eigenvalue weighted by Gasteiger charge is -2.21. The quantitative estimate of drug-likeness (QED) is 0.472. The molecule has 0 radical (unpaired) electrons. The van der Waals surface area contributed by atoms with Crippen molar-refractivity contribution in [2.75, 3.05) is 12.3 Å². The predicted molar refractivity (Wildman–Crippen MR) is 109 cm³/mol. The third kappa shape index (κ3) is 4.65. The summed E-state index contributed by atoms with van der Waals surface area (Å²) in [5, 5.41) is 2.58. The van der Waals surface area contributed by atoms with Crippen LogP contribution in [0.5, 0.6) is 0 Å². The molecule has 30 heavy (non-hydrogen) atoms. The van der Waals surface area contributed by atoms with Gasteiger partial charge in [-0.25, -0.2) is 9.59 Å². The molecule has 10 nitrogen and oxygen atoms in total. The van der Waals surface area contributed by atoms with Crippen LogP contribution >= 0.6 is 0 Å². The number of nitrogens with one attached hydrogen (secondary N) is 1. The number of hydrogen-bond acceptors (Lipinski definition) is 7. The molecule has 0 fully saturated rings. The number of ketones is 1. The molecule has 1 aromatic heterocycles. The van der Waals surface area contributed by atoms with Crippen molar-refractivity contribution >= 4 is 23.5 Å². The van der Waals surface area contributed by atoms with E-state index in [4.69, 9.17) is 10.5 Å². The molecule has 160 valence electrons. The maximum absolute atomic E-state index is 12.5. The molecule has 2 rings (SSSR count). The summed E-state index contributed by atoms with van der Waals surface area (Å²) in [7, 11) is 2.52. The number of amides is 1. The Balaban J connectivity index is 2.15. The molecule has 0 spiro atoms. The zero-order chi connectivity index (χ0) is 22.6. The molecule has 0 aliphatic rings. The monoisotopic (exact) mass is 416 g/mol. The van der Waals surface area contributed by atoms with E-state index in [1.165, 1.54) is 14.1 Å². The van der Waals surface area contributed by atoms with Crippen LogP contribution in [0.1, 0.15) is 34.6 Å². The van der Waals surface area contributed by atoms with Crippen LogP contribution in [0.15, 0.2) is 39.9 Å². The van der Waals surface area contributed by atoms with Gasteiger partial charge in [-0.2, -0.15) is 0 Å². The molecular weight excluding hydrogens is 392 g/mol. The van der Waals surface area contributed by atoms with E-state index in [1.807, 2.05) is 0 Å². The Morgan fingerprint density at radius 1 is 1.07 bits per heavy atom. The summed E-state index contributed by atoms with van der Waals surface area (Å²) in [5.41, 5.74) is 4.09. The summed E-state index contributed by atoms with van der Waals surface area (Å²) in [6.45, 7) is 2.65. The lowest BCUT2D eigenvalue weighted by Crippen LogP contribution is -2.46. The summed E-state index contributed by atoms with van der Waals surface area (Å²) >= 11 is 0. The number of nitrogen functional groups attached to an aromatic ring is 1. The van der Waals surface area contributed by atoms with Crippen molar-refractivity contribution in [2.45, 2.75) is 19.9 Å². The van der Waals surface area contributed by atoms with Crippen LogP contribution in [0.3, 0.4) is 0 Å². The number of hydrogen-bond donors (Lipinski definition) is 2. The molecule has 0 unspecified atom stereocenters. The Hall–Kier alpha value is -3.69. The zero-order valence-electron chi connectivity index (χ0n) is 17.2. The number of benzene rings is 1. The van der Waals surface area contributed by atoms with E-state index in [0.29, 0.717) is 5.56 Å². The van der Waals surface area contributed by atoms with Gasteiger partial charge >= 0.3 is 11.7 Å². The van der Waals surface area contributed by atoms with Crippen LogP contribution in [-0.4, -0.2) is 39.4 Å². The fourth-order valence-corrected chi connectivity index (χ4v) is 2.73. The minimum atomic E-state index is -1.01. The minimum Gasteiger partial charge on any atom is -0.456 e. The second kappa shape index (κ2) is 9.21. The first-order chi connectivity index (χ1) is 14.1. The standard InChI is InChI=1S/C20H24N4O6/c1-11(2)15(22-17(26)12-8-6-5-7-9-12)19(28)30-10-13(25)14-16(21)23(3)20(29)24(4)18(14)27/h5-9,11,15H,10,21H2,1-4H3,(H,22,26)/t15-/m1/s1. The fourth-order valence-electron chi connectivity index (χ4n) is 2.73. The highest BCUT2D eigenvalue weighted by atomic mass is 16.5. The van der Waals surface area contributed by atoms with Crippen LogP contribution in [0.4, 0.5) is 5.82 Å². The van der Waals surface area contributed by atoms with Crippen molar-refractivity contribution in [3.63, 3.8) is 0 Å². The molecule has 0 saturated carbocycles. The molecule has 1 aromatic carbocycles. The van der Waals surface area contributed by atoms with Crippen molar-refractivity contribution in [3.05, 3.63) is 62.3 Å². The Morgan fingerprint density at radius 2 is 1.67 bits per heavy atom. The minimum absolute atomic E-state index is 0.318. The zero-order valence-corrected chi connectivity index (χ0v) is 17.2. The Morgan fingerprint density at radius 3 is 2.23 bits per heavy atom. The van der Waals surface area contributed by atoms with Crippen LogP contribution in [0, 0.1) is 5.92 Å². The van der Waals surface area contributed by atoms with Crippen molar-refractivity contribution in [2.24, 2.45) is 20.0 Å². The molecule has 0 bridgehead atoms. The highest BCUT2D eigenvalue weighted by molar-refractivity contribution is 6.02. The molecule has 10 heteroatoms. The average molecular weight is 416 g/mol. The van der Waals surface area contributed by atoms with E-state index in [9.17, 15) is 24.0 Å². The van der Waals surface area contributed by atoms with Gasteiger partial charge in [-0.3, -0.25) is 23.5 Å². The highest BCUT2D eigenvalue weighted by Crippen LogP contribution is 2.09. The first-order valence-corrected chi connectivity index (χ1v) is 9.17. The fraction of sp³-hybridized carbons (Fsp3) is 0.350. The van der Waals surface area contributed by atoms with E-state index in [2.05, 4.69) is 5.32 Å². The Kier molecular flexibility index (Phi) is 6.93. The molecule has 0 saturated heterocycles. The number of Topliss-reactive ketones (excluding diaryl/α,β-unsaturated/α-hetero) is 1. The second-order valence-corrected chi connectivity index (χ2v) is 7.06. The van der Waals surface area contributed by atoms with Gasteiger partial charge in [0.25, 0.3) is 11.5 Å². The predicted octanol–water partition coefficient (Wildman–Crippen LogP) is -0.153. The Labute approximate surface area is 172 Å². The number of anilines is 1. The van der Waals surface area contributed by atoms with Gasteiger partial charge in [-0.1, -0.05) is 32.0 Å². The molecule has 2 aromatic rings. The first kappa shape index (κ1) is 22.6. The van der Waals surface area contributed by atoms with Gasteiger partial charge in [-0.05, 0) is 18.1 Å². The molecule has 0 aliphatic heterocycles. The van der Waals surface area contributed by atoms with Gasteiger partial charge < -0.3 is 15.8 Å². The van der Waals surface area contributed by atoms with Gasteiger partial charge in [0.15, 0.2) is 6.61 Å². The highest BCUT2D eigenvalue weighted by Gasteiger charge is 2.28. The van der Waals surface area contributed by atoms with Crippen molar-refractivity contribution in [1.82, 2.24) is 14.5 Å². The first-order valence-electron chi connectivity index (χ1n) is 9.17. The lowest BCUT2D eigenvalue weighted by atomic mass is 10.0. The van der Waals surface area contributed by atoms with Gasteiger partial charge in [0.05, 0.1) is 0 Å². The van der Waals surface area contributed by atoms with Gasteiger partial charge in [0.2, 0.25) is 5.78 Å². The van der Waals surface area contributed by atoms with Crippen LogP contribution in [-0.2, 0) is 23.6 Å². The van der Waals surface area contributed by atoms with E-state index < -0.39 is 47.1 Å². The van der Waals surface area contributed by atoms with Gasteiger partial charge in [-0.15, -0.1) is 0 Å². The largest absolute Gasteiger partial charge is 0.456 e. The van der Waals surface area contributed by atoms with Gasteiger partial charge in [0.1, 0.15) is 17.4 Å². The second-order valence-electron chi connectivity index (χ2n) is 7.06. The maximum Gasteiger partial charge on any atom is 0.332 e. The molecular formula is C20H24N4O6. The smallest absolute Gasteiger partial charge is 0.332 e. The SMILES string of the molecule is CC(C)[C@@H](NC(=O)c1ccccc1)C(=O)OCC(=O)c1c(N)n(C)c(=O)n(C)c1=O. The number of ether oxygens (including phenoxy) is 1. The van der Waals surface area contributed by atoms with E-state index in [1.54, 1.807) is 44.2 Å². The van der Waals surface area contributed by atoms with Crippen LogP contribution in [0.25, 0.3) is 0 Å². The summed E-state index contributed by atoms with van der Waals surface area (Å²) in [4.78, 5) is 61.4. The van der Waals surface area contributed by atoms with E-state index >= 15 is 0 Å². The normalized spacial score (nSPS) is 11.8. The number of carbonyl (C=O) groups excluding carboxylic acids is 3. The van der Waals surface area contributed by atoms with E-state index in [-0.39, 0.29) is 11.7 Å². The maximum atomic E-state index is 12.5. The molecule has 3 N–H and O–H groups in total. The van der Waals surface area contributed by atoms with Crippen molar-refractivity contribution in [3.8, 4) is 0 Å². The number of nitrogens with two attached hydrogens (primary N) is 1. The molecule has 1 atom stereocenters. The summed E-state index contributed by atoms with van der Waals surface area (Å²) in [6.07, 6.45) is 0. The molecule has 0 aliphatic carbocycles. The van der Waals surface area contributed by atoms with Gasteiger partial charge in [0, 0.05) is 19.7 Å². The summed E-state index contributed by atoms with van der Waals surface area (Å²) in [6, 6.07) is 7.32. The average Bonchev–Trinajstić information content (AvgIpc) is 2.73. The van der Waals surface area contributed by atoms with Crippen molar-refractivity contribution < 1.29 is 19.1 Å². The Bertz CT molecular complexity index is 1080.